The van der Waals surface area contributed by atoms with Crippen LogP contribution in [0.2, 0.25) is 0 Å². The van der Waals surface area contributed by atoms with Crippen LogP contribution in [0.4, 0.5) is 5.82 Å². The van der Waals surface area contributed by atoms with E-state index in [9.17, 15) is 4.79 Å². The highest BCUT2D eigenvalue weighted by Crippen LogP contribution is 2.31. The molecule has 162 valence electrons. The second kappa shape index (κ2) is 7.01. The lowest BCUT2D eigenvalue weighted by molar-refractivity contribution is 0.395. The Kier molecular flexibility index (Phi) is 4.10. The Balaban J connectivity index is 1.32. The molecule has 0 aliphatic carbocycles. The summed E-state index contributed by atoms with van der Waals surface area (Å²) in [6.45, 7) is 3.26. The first-order valence-corrected chi connectivity index (χ1v) is 10.5. The van der Waals surface area contributed by atoms with E-state index in [1.54, 1.807) is 13.3 Å². The van der Waals surface area contributed by atoms with Crippen LogP contribution < -0.4 is 10.6 Å². The van der Waals surface area contributed by atoms with Gasteiger partial charge in [-0.25, -0.2) is 19.7 Å². The summed E-state index contributed by atoms with van der Waals surface area (Å²) in [5, 5.41) is 7.99. The fourth-order valence-corrected chi connectivity index (χ4v) is 4.57. The summed E-state index contributed by atoms with van der Waals surface area (Å²) in [6.07, 6.45) is 3.21. The van der Waals surface area contributed by atoms with Gasteiger partial charge in [0.05, 0.1) is 11.0 Å². The number of aryl methyl sites for hydroxylation is 2. The number of nitrogens with zero attached hydrogens (tertiary/aromatic N) is 8. The number of para-hydroxylation sites is 2. The number of aromatic amines is 1. The number of rotatable bonds is 3. The predicted octanol–water partition coefficient (Wildman–Crippen LogP) is 2.21. The van der Waals surface area contributed by atoms with Gasteiger partial charge in [-0.2, -0.15) is 0 Å². The molecule has 1 saturated heterocycles. The average Bonchev–Trinajstić information content (AvgIpc) is 3.48. The zero-order valence-electron chi connectivity index (χ0n) is 17.7. The van der Waals surface area contributed by atoms with Gasteiger partial charge in [-0.05, 0) is 25.0 Å². The summed E-state index contributed by atoms with van der Waals surface area (Å²) in [5.41, 5.74) is 3.16. The van der Waals surface area contributed by atoms with Gasteiger partial charge < -0.3 is 18.9 Å². The summed E-state index contributed by atoms with van der Waals surface area (Å²) < 4.78 is 9.29. The highest BCUT2D eigenvalue weighted by molar-refractivity contribution is 5.86. The van der Waals surface area contributed by atoms with E-state index >= 15 is 0 Å². The summed E-state index contributed by atoms with van der Waals surface area (Å²) in [5.74, 6) is 2.17. The van der Waals surface area contributed by atoms with Gasteiger partial charge in [0.1, 0.15) is 6.33 Å². The van der Waals surface area contributed by atoms with Gasteiger partial charge in [-0.3, -0.25) is 4.57 Å². The molecule has 1 aromatic carbocycles. The molecule has 5 aromatic rings. The zero-order valence-corrected chi connectivity index (χ0v) is 17.7. The maximum Gasteiger partial charge on any atom is 0.326 e. The minimum absolute atomic E-state index is 0.0571. The van der Waals surface area contributed by atoms with E-state index in [-0.39, 0.29) is 11.7 Å². The number of hydrogen-bond donors (Lipinski definition) is 1. The first kappa shape index (κ1) is 18.7. The smallest absolute Gasteiger partial charge is 0.326 e. The maximum absolute atomic E-state index is 12.6. The van der Waals surface area contributed by atoms with E-state index in [1.807, 2.05) is 40.4 Å². The molecule has 4 aromatic heterocycles. The molecule has 0 saturated carbocycles. The minimum atomic E-state index is -0.0571. The second-order valence-electron chi connectivity index (χ2n) is 8.03. The third-order valence-corrected chi connectivity index (χ3v) is 6.11. The summed E-state index contributed by atoms with van der Waals surface area (Å²) in [7, 11) is 1.87. The van der Waals surface area contributed by atoms with Crippen molar-refractivity contribution in [3.05, 3.63) is 47.0 Å². The number of fused-ring (bicyclic) bond motifs is 2. The molecule has 0 bridgehead atoms. The SMILES string of the molecule is Cc1nnc(-c2nc3c(N4CCC(n5c(=O)[nH]c6ccccc65)CC4)ncnc3n2C)o1. The van der Waals surface area contributed by atoms with Gasteiger partial charge in [-0.1, -0.05) is 12.1 Å². The summed E-state index contributed by atoms with van der Waals surface area (Å²) in [4.78, 5) is 31.4. The monoisotopic (exact) mass is 431 g/mol. The van der Waals surface area contributed by atoms with Gasteiger partial charge >= 0.3 is 5.69 Å². The summed E-state index contributed by atoms with van der Waals surface area (Å²) in [6, 6.07) is 7.95. The van der Waals surface area contributed by atoms with E-state index in [0.717, 1.165) is 42.8 Å². The molecule has 0 radical (unpaired) electrons. The second-order valence-corrected chi connectivity index (χ2v) is 8.03. The Labute approximate surface area is 181 Å². The van der Waals surface area contributed by atoms with E-state index < -0.39 is 0 Å². The largest absolute Gasteiger partial charge is 0.419 e. The third kappa shape index (κ3) is 2.81. The Morgan fingerprint density at radius 1 is 1.12 bits per heavy atom. The Hall–Kier alpha value is -4.02. The minimum Gasteiger partial charge on any atom is -0.419 e. The fourth-order valence-electron chi connectivity index (χ4n) is 4.57. The molecule has 1 aliphatic rings. The molecule has 1 fully saturated rings. The number of benzene rings is 1. The number of anilines is 1. The first-order valence-electron chi connectivity index (χ1n) is 10.5. The molecule has 5 heterocycles. The average molecular weight is 431 g/mol. The van der Waals surface area contributed by atoms with Gasteiger partial charge in [0, 0.05) is 33.1 Å². The maximum atomic E-state index is 12.6. The lowest BCUT2D eigenvalue weighted by Gasteiger charge is -2.33. The summed E-state index contributed by atoms with van der Waals surface area (Å²) >= 11 is 0. The highest BCUT2D eigenvalue weighted by Gasteiger charge is 2.27. The molecular formula is C21H21N9O2. The van der Waals surface area contributed by atoms with Crippen molar-refractivity contribution in [3.8, 4) is 11.7 Å². The van der Waals surface area contributed by atoms with Crippen molar-refractivity contribution in [2.24, 2.45) is 7.05 Å². The number of piperidine rings is 1. The van der Waals surface area contributed by atoms with E-state index in [1.165, 1.54) is 0 Å². The van der Waals surface area contributed by atoms with Crippen LogP contribution in [0.1, 0.15) is 24.8 Å². The van der Waals surface area contributed by atoms with Crippen LogP contribution in [0.25, 0.3) is 33.9 Å². The lowest BCUT2D eigenvalue weighted by atomic mass is 10.0. The van der Waals surface area contributed by atoms with Crippen molar-refractivity contribution in [3.63, 3.8) is 0 Å². The number of H-pyrrole nitrogens is 1. The molecule has 0 atom stereocenters. The highest BCUT2D eigenvalue weighted by atomic mass is 16.4. The Morgan fingerprint density at radius 2 is 1.94 bits per heavy atom. The predicted molar refractivity (Wildman–Crippen MR) is 117 cm³/mol. The van der Waals surface area contributed by atoms with E-state index in [4.69, 9.17) is 9.40 Å². The Morgan fingerprint density at radius 3 is 2.72 bits per heavy atom. The van der Waals surface area contributed by atoms with E-state index in [0.29, 0.717) is 28.8 Å². The van der Waals surface area contributed by atoms with Gasteiger partial charge in [0.2, 0.25) is 11.7 Å². The zero-order chi connectivity index (χ0) is 21.8. The molecule has 0 spiro atoms. The molecule has 11 heteroatoms. The lowest BCUT2D eigenvalue weighted by Crippen LogP contribution is -2.37. The third-order valence-electron chi connectivity index (χ3n) is 6.11. The molecule has 1 aliphatic heterocycles. The van der Waals surface area contributed by atoms with Crippen molar-refractivity contribution in [2.75, 3.05) is 18.0 Å². The Bertz CT molecular complexity index is 1500. The van der Waals surface area contributed by atoms with Crippen molar-refractivity contribution in [1.82, 2.24) is 39.3 Å². The first-order chi connectivity index (χ1) is 15.6. The number of imidazole rings is 2. The van der Waals surface area contributed by atoms with E-state index in [2.05, 4.69) is 30.0 Å². The van der Waals surface area contributed by atoms with Gasteiger partial charge in [0.15, 0.2) is 17.0 Å². The van der Waals surface area contributed by atoms with Crippen LogP contribution in [-0.4, -0.2) is 52.4 Å². The quantitative estimate of drug-likeness (QED) is 0.461. The van der Waals surface area contributed by atoms with Crippen molar-refractivity contribution in [1.29, 1.82) is 0 Å². The topological polar surface area (TPSA) is 124 Å². The number of hydrogen-bond acceptors (Lipinski definition) is 8. The molecule has 32 heavy (non-hydrogen) atoms. The number of nitrogens with one attached hydrogen (secondary N) is 1. The molecule has 0 unspecified atom stereocenters. The van der Waals surface area contributed by atoms with Crippen molar-refractivity contribution < 1.29 is 4.42 Å². The normalized spacial score (nSPS) is 15.2. The van der Waals surface area contributed by atoms with Crippen LogP contribution in [0.3, 0.4) is 0 Å². The van der Waals surface area contributed by atoms with Crippen molar-refractivity contribution >= 4 is 28.0 Å². The standard InChI is InChI=1S/C21H21N9O2/c1-12-26-27-20(32-12)19-25-16-17(28(19)2)22-11-23-18(16)29-9-7-13(8-10-29)30-15-6-4-3-5-14(15)24-21(30)31/h3-6,11,13H,7-10H2,1-2H3,(H,24,31). The van der Waals surface area contributed by atoms with Crippen LogP contribution in [-0.2, 0) is 7.05 Å². The number of aromatic nitrogens is 8. The van der Waals surface area contributed by atoms with Crippen LogP contribution in [0.5, 0.6) is 0 Å². The molecule has 1 N–H and O–H groups in total. The van der Waals surface area contributed by atoms with Crippen molar-refractivity contribution in [2.45, 2.75) is 25.8 Å². The van der Waals surface area contributed by atoms with Crippen LogP contribution >= 0.6 is 0 Å². The molecule has 6 rings (SSSR count). The van der Waals surface area contributed by atoms with Crippen LogP contribution in [0, 0.1) is 6.92 Å². The van der Waals surface area contributed by atoms with Gasteiger partial charge in [-0.15, -0.1) is 10.2 Å². The molecule has 0 amide bonds. The molecular weight excluding hydrogens is 410 g/mol. The fraction of sp³-hybridized carbons (Fsp3) is 0.333. The molecule has 11 nitrogen and oxygen atoms in total. The van der Waals surface area contributed by atoms with Crippen LogP contribution in [0.15, 0.2) is 39.8 Å². The van der Waals surface area contributed by atoms with Gasteiger partial charge in [0.25, 0.3) is 5.89 Å².